The minimum atomic E-state index is -0.575. The monoisotopic (exact) mass is 370 g/mol. The first-order valence-corrected chi connectivity index (χ1v) is 8.13. The molecular weight excluding hydrogens is 356 g/mol. The highest BCUT2D eigenvalue weighted by atomic mass is 35.5. The van der Waals surface area contributed by atoms with Crippen molar-refractivity contribution in [3.05, 3.63) is 70.9 Å². The summed E-state index contributed by atoms with van der Waals surface area (Å²) in [4.78, 5) is 27.1. The summed E-state index contributed by atoms with van der Waals surface area (Å²) in [6, 6.07) is 15.6. The predicted molar refractivity (Wildman–Crippen MR) is 97.0 cm³/mol. The Hall–Kier alpha value is -3.12. The smallest absolute Gasteiger partial charge is 0.338 e. The number of carbonyl (C=O) groups excluding carboxylic acids is 2. The number of ether oxygens (including phenoxy) is 2. The van der Waals surface area contributed by atoms with Gasteiger partial charge < -0.3 is 15.2 Å². The molecule has 0 spiro atoms. The number of hydrogen-bond acceptors (Lipinski definition) is 5. The number of hydrogen-bond donors (Lipinski definition) is 1. The highest BCUT2D eigenvalue weighted by Crippen LogP contribution is 2.21. The number of pyridine rings is 1. The Morgan fingerprint density at radius 3 is 2.54 bits per heavy atom. The van der Waals surface area contributed by atoms with Gasteiger partial charge in [0, 0.05) is 10.9 Å². The van der Waals surface area contributed by atoms with Crippen molar-refractivity contribution in [2.24, 2.45) is 5.73 Å². The molecule has 2 aromatic carbocycles. The minimum Gasteiger partial charge on any atom is -0.484 e. The molecule has 0 atom stereocenters. The lowest BCUT2D eigenvalue weighted by Gasteiger charge is -2.08. The maximum atomic E-state index is 12.2. The summed E-state index contributed by atoms with van der Waals surface area (Å²) < 4.78 is 10.4. The van der Waals surface area contributed by atoms with Crippen LogP contribution in [0.15, 0.2) is 54.6 Å². The van der Waals surface area contributed by atoms with Gasteiger partial charge in [-0.3, -0.25) is 4.79 Å². The molecule has 0 aliphatic carbocycles. The van der Waals surface area contributed by atoms with E-state index >= 15 is 0 Å². The number of rotatable bonds is 6. The van der Waals surface area contributed by atoms with Gasteiger partial charge in [-0.1, -0.05) is 29.8 Å². The minimum absolute atomic E-state index is 0.00935. The zero-order valence-corrected chi connectivity index (χ0v) is 14.4. The van der Waals surface area contributed by atoms with Gasteiger partial charge in [0.25, 0.3) is 5.91 Å². The van der Waals surface area contributed by atoms with Crippen LogP contribution in [0.25, 0.3) is 10.9 Å². The second-order valence-electron chi connectivity index (χ2n) is 5.49. The number of nitrogens with zero attached hydrogens (tertiary/aromatic N) is 1. The third-order valence-corrected chi connectivity index (χ3v) is 3.91. The molecule has 2 N–H and O–H groups in total. The number of primary amides is 1. The number of aromatic nitrogens is 1. The molecule has 0 saturated carbocycles. The van der Waals surface area contributed by atoms with Crippen LogP contribution in [0.2, 0.25) is 5.15 Å². The van der Waals surface area contributed by atoms with E-state index in [2.05, 4.69) is 4.98 Å². The summed E-state index contributed by atoms with van der Waals surface area (Å²) in [6.07, 6.45) is 0. The Balaban J connectivity index is 1.65. The molecule has 1 aromatic heterocycles. The third-order valence-electron chi connectivity index (χ3n) is 3.58. The Morgan fingerprint density at radius 2 is 1.81 bits per heavy atom. The number of para-hydroxylation sites is 1. The Bertz CT molecular complexity index is 957. The van der Waals surface area contributed by atoms with Crippen LogP contribution >= 0.6 is 11.6 Å². The van der Waals surface area contributed by atoms with Crippen molar-refractivity contribution in [3.8, 4) is 5.75 Å². The van der Waals surface area contributed by atoms with E-state index in [-0.39, 0.29) is 13.2 Å². The summed E-state index contributed by atoms with van der Waals surface area (Å²) in [5.74, 6) is -0.646. The Labute approximate surface area is 154 Å². The van der Waals surface area contributed by atoms with E-state index in [9.17, 15) is 9.59 Å². The maximum absolute atomic E-state index is 12.2. The zero-order valence-electron chi connectivity index (χ0n) is 13.6. The summed E-state index contributed by atoms with van der Waals surface area (Å²) in [5.41, 5.74) is 6.76. The van der Waals surface area contributed by atoms with E-state index in [1.807, 2.05) is 30.3 Å². The van der Waals surface area contributed by atoms with E-state index in [4.69, 9.17) is 26.8 Å². The van der Waals surface area contributed by atoms with Crippen LogP contribution in [0.3, 0.4) is 0 Å². The normalized spacial score (nSPS) is 10.5. The van der Waals surface area contributed by atoms with Crippen LogP contribution in [-0.2, 0) is 16.1 Å². The fourth-order valence-electron chi connectivity index (χ4n) is 2.31. The molecule has 7 heteroatoms. The fraction of sp³-hybridized carbons (Fsp3) is 0.105. The topological polar surface area (TPSA) is 91.5 Å². The molecule has 1 amide bonds. The second-order valence-corrected chi connectivity index (χ2v) is 5.84. The number of amides is 1. The number of carbonyl (C=O) groups is 2. The molecule has 132 valence electrons. The lowest BCUT2D eigenvalue weighted by molar-refractivity contribution is -0.119. The fourth-order valence-corrected chi connectivity index (χ4v) is 2.51. The average Bonchev–Trinajstić information content (AvgIpc) is 2.64. The molecule has 0 bridgehead atoms. The Kier molecular flexibility index (Phi) is 5.34. The first-order chi connectivity index (χ1) is 12.5. The highest BCUT2D eigenvalue weighted by molar-refractivity contribution is 6.30. The van der Waals surface area contributed by atoms with Gasteiger partial charge in [0.05, 0.1) is 11.1 Å². The molecule has 3 aromatic rings. The second kappa shape index (κ2) is 7.84. The number of fused-ring (bicyclic) bond motifs is 1. The molecule has 0 radical (unpaired) electrons. The van der Waals surface area contributed by atoms with Gasteiger partial charge in [0.15, 0.2) is 6.61 Å². The van der Waals surface area contributed by atoms with Crippen molar-refractivity contribution in [1.29, 1.82) is 0 Å². The van der Waals surface area contributed by atoms with Gasteiger partial charge in [-0.15, -0.1) is 0 Å². The van der Waals surface area contributed by atoms with Crippen molar-refractivity contribution in [1.82, 2.24) is 4.98 Å². The van der Waals surface area contributed by atoms with Crippen LogP contribution in [0.1, 0.15) is 15.9 Å². The third kappa shape index (κ3) is 4.29. The summed E-state index contributed by atoms with van der Waals surface area (Å²) >= 11 is 6.16. The van der Waals surface area contributed by atoms with Crippen molar-refractivity contribution < 1.29 is 19.1 Å². The van der Waals surface area contributed by atoms with Gasteiger partial charge in [-0.25, -0.2) is 9.78 Å². The molecule has 3 rings (SSSR count). The van der Waals surface area contributed by atoms with Crippen molar-refractivity contribution in [2.45, 2.75) is 6.61 Å². The van der Waals surface area contributed by atoms with E-state index in [0.717, 1.165) is 10.9 Å². The SMILES string of the molecule is NC(=O)COc1ccc(C(=O)OCc2cc3ccccc3nc2Cl)cc1. The van der Waals surface area contributed by atoms with Crippen LogP contribution in [0.4, 0.5) is 0 Å². The van der Waals surface area contributed by atoms with Crippen molar-refractivity contribution >= 4 is 34.4 Å². The summed E-state index contributed by atoms with van der Waals surface area (Å²) in [6.45, 7) is -0.216. The van der Waals surface area contributed by atoms with Crippen LogP contribution in [0, 0.1) is 0 Å². The predicted octanol–water partition coefficient (Wildman–Crippen LogP) is 3.11. The van der Waals surface area contributed by atoms with Gasteiger partial charge >= 0.3 is 5.97 Å². The largest absolute Gasteiger partial charge is 0.484 e. The lowest BCUT2D eigenvalue weighted by atomic mass is 10.1. The molecule has 0 aliphatic heterocycles. The van der Waals surface area contributed by atoms with Crippen molar-refractivity contribution in [3.63, 3.8) is 0 Å². The molecule has 0 saturated heterocycles. The molecule has 6 nitrogen and oxygen atoms in total. The number of halogens is 1. The average molecular weight is 371 g/mol. The quantitative estimate of drug-likeness (QED) is 0.531. The molecule has 1 heterocycles. The zero-order chi connectivity index (χ0) is 18.5. The number of benzene rings is 2. The van der Waals surface area contributed by atoms with Gasteiger partial charge in [-0.05, 0) is 36.4 Å². The molecule has 0 aliphatic rings. The van der Waals surface area contributed by atoms with E-state index in [0.29, 0.717) is 22.0 Å². The molecule has 26 heavy (non-hydrogen) atoms. The first kappa shape index (κ1) is 17.7. The van der Waals surface area contributed by atoms with E-state index in [1.165, 1.54) is 0 Å². The summed E-state index contributed by atoms with van der Waals surface area (Å²) in [5, 5.41) is 1.21. The standard InChI is InChI=1S/C19H15ClN2O4/c20-18-14(9-13-3-1-2-4-16(13)22-18)10-26-19(24)12-5-7-15(8-6-12)25-11-17(21)23/h1-9H,10-11H2,(H2,21,23). The molecule has 0 fully saturated rings. The number of nitrogens with two attached hydrogens (primary N) is 1. The summed E-state index contributed by atoms with van der Waals surface area (Å²) in [7, 11) is 0. The van der Waals surface area contributed by atoms with Gasteiger partial charge in [0.1, 0.15) is 17.5 Å². The lowest BCUT2D eigenvalue weighted by Crippen LogP contribution is -2.20. The number of esters is 1. The maximum Gasteiger partial charge on any atom is 0.338 e. The van der Waals surface area contributed by atoms with E-state index < -0.39 is 11.9 Å². The van der Waals surface area contributed by atoms with Gasteiger partial charge in [0.2, 0.25) is 0 Å². The molecule has 0 unspecified atom stereocenters. The van der Waals surface area contributed by atoms with Crippen LogP contribution < -0.4 is 10.5 Å². The first-order valence-electron chi connectivity index (χ1n) is 7.75. The highest BCUT2D eigenvalue weighted by Gasteiger charge is 2.11. The van der Waals surface area contributed by atoms with Crippen LogP contribution in [-0.4, -0.2) is 23.5 Å². The molecular formula is C19H15ClN2O4. The van der Waals surface area contributed by atoms with E-state index in [1.54, 1.807) is 24.3 Å². The van der Waals surface area contributed by atoms with Gasteiger partial charge in [-0.2, -0.15) is 0 Å². The van der Waals surface area contributed by atoms with Crippen LogP contribution in [0.5, 0.6) is 5.75 Å². The van der Waals surface area contributed by atoms with Crippen molar-refractivity contribution in [2.75, 3.05) is 6.61 Å². The Morgan fingerprint density at radius 1 is 1.08 bits per heavy atom.